The van der Waals surface area contributed by atoms with Crippen molar-refractivity contribution in [3.8, 4) is 5.75 Å². The molecule has 1 fully saturated rings. The van der Waals surface area contributed by atoms with Crippen LogP contribution in [0.15, 0.2) is 18.2 Å². The smallest absolute Gasteiger partial charge is 0.214 e. The number of benzene rings is 1. The normalized spacial score (nSPS) is 19.0. The van der Waals surface area contributed by atoms with Crippen LogP contribution in [0.5, 0.6) is 5.75 Å². The fraction of sp³-hybridized carbons (Fsp3) is 0.500. The molecule has 1 saturated heterocycles. The van der Waals surface area contributed by atoms with Gasteiger partial charge in [0, 0.05) is 0 Å². The molecule has 0 aromatic heterocycles. The van der Waals surface area contributed by atoms with Gasteiger partial charge in [0.15, 0.2) is 0 Å². The van der Waals surface area contributed by atoms with Crippen LogP contribution in [0, 0.1) is 5.82 Å². The highest BCUT2D eigenvalue weighted by atomic mass is 19.1. The summed E-state index contributed by atoms with van der Waals surface area (Å²) >= 11 is 0. The van der Waals surface area contributed by atoms with Crippen LogP contribution in [0.25, 0.3) is 0 Å². The predicted molar refractivity (Wildman–Crippen MR) is 60.2 cm³/mol. The molecule has 1 aliphatic heterocycles. The lowest BCUT2D eigenvalue weighted by Crippen LogP contribution is -2.45. The van der Waals surface area contributed by atoms with Crippen LogP contribution < -0.4 is 10.5 Å². The number of nitrogens with two attached hydrogens (primary N) is 1. The number of rotatable bonds is 3. The molecule has 17 heavy (non-hydrogen) atoms. The molecule has 0 atom stereocenters. The third kappa shape index (κ3) is 2.13. The SMILES string of the molecule is COc1cccc(F)c1C1(CN)OCCCO1. The first-order valence-corrected chi connectivity index (χ1v) is 5.54. The second-order valence-corrected chi connectivity index (χ2v) is 3.82. The van der Waals surface area contributed by atoms with Crippen LogP contribution in [-0.4, -0.2) is 26.9 Å². The monoisotopic (exact) mass is 241 g/mol. The minimum absolute atomic E-state index is 0.0459. The largest absolute Gasteiger partial charge is 0.496 e. The number of hydrogen-bond donors (Lipinski definition) is 1. The third-order valence-corrected chi connectivity index (χ3v) is 2.80. The summed E-state index contributed by atoms with van der Waals surface area (Å²) < 4.78 is 30.2. The van der Waals surface area contributed by atoms with Gasteiger partial charge in [0.25, 0.3) is 0 Å². The van der Waals surface area contributed by atoms with Crippen molar-refractivity contribution < 1.29 is 18.6 Å². The highest BCUT2D eigenvalue weighted by Gasteiger charge is 2.40. The molecule has 0 aliphatic carbocycles. The lowest BCUT2D eigenvalue weighted by molar-refractivity contribution is -0.271. The van der Waals surface area contributed by atoms with Crippen LogP contribution in [-0.2, 0) is 15.3 Å². The van der Waals surface area contributed by atoms with Crippen LogP contribution in [0.1, 0.15) is 12.0 Å². The third-order valence-electron chi connectivity index (χ3n) is 2.80. The maximum atomic E-state index is 14.0. The maximum absolute atomic E-state index is 14.0. The minimum Gasteiger partial charge on any atom is -0.496 e. The zero-order valence-electron chi connectivity index (χ0n) is 9.74. The van der Waals surface area contributed by atoms with E-state index in [1.165, 1.54) is 13.2 Å². The lowest BCUT2D eigenvalue weighted by atomic mass is 10.0. The van der Waals surface area contributed by atoms with E-state index in [4.69, 9.17) is 19.9 Å². The Balaban J connectivity index is 2.49. The van der Waals surface area contributed by atoms with Gasteiger partial charge in [0.05, 0.1) is 32.4 Å². The first-order chi connectivity index (χ1) is 8.23. The van der Waals surface area contributed by atoms with Crippen LogP contribution in [0.3, 0.4) is 0 Å². The summed E-state index contributed by atoms with van der Waals surface area (Å²) in [5.74, 6) is -1.27. The van der Waals surface area contributed by atoms with E-state index in [2.05, 4.69) is 0 Å². The molecule has 1 aromatic carbocycles. The van der Waals surface area contributed by atoms with E-state index in [1.807, 2.05) is 0 Å². The number of hydrogen-bond acceptors (Lipinski definition) is 4. The molecule has 0 radical (unpaired) electrons. The van der Waals surface area contributed by atoms with Crippen molar-refractivity contribution in [2.24, 2.45) is 5.73 Å². The van der Waals surface area contributed by atoms with Gasteiger partial charge >= 0.3 is 0 Å². The van der Waals surface area contributed by atoms with Crippen molar-refractivity contribution in [3.63, 3.8) is 0 Å². The van der Waals surface area contributed by atoms with E-state index in [0.29, 0.717) is 19.0 Å². The molecular formula is C12H16FNO3. The summed E-state index contributed by atoms with van der Waals surface area (Å²) in [6, 6.07) is 4.58. The Bertz CT molecular complexity index is 391. The molecule has 5 heteroatoms. The highest BCUT2D eigenvalue weighted by Crippen LogP contribution is 2.37. The predicted octanol–water partition coefficient (Wildman–Crippen LogP) is 1.38. The molecule has 0 spiro atoms. The molecule has 0 unspecified atom stereocenters. The molecule has 1 aliphatic rings. The maximum Gasteiger partial charge on any atom is 0.214 e. The Kier molecular flexibility index (Phi) is 3.61. The summed E-state index contributed by atoms with van der Waals surface area (Å²) in [6.45, 7) is 1.04. The average Bonchev–Trinajstić information content (AvgIpc) is 2.39. The van der Waals surface area contributed by atoms with E-state index >= 15 is 0 Å². The van der Waals surface area contributed by atoms with E-state index in [1.54, 1.807) is 12.1 Å². The zero-order valence-corrected chi connectivity index (χ0v) is 9.74. The van der Waals surface area contributed by atoms with Gasteiger partial charge in [-0.3, -0.25) is 0 Å². The molecule has 0 amide bonds. The highest BCUT2D eigenvalue weighted by molar-refractivity contribution is 5.38. The molecule has 4 nitrogen and oxygen atoms in total. The summed E-state index contributed by atoms with van der Waals surface area (Å²) in [5.41, 5.74) is 5.93. The van der Waals surface area contributed by atoms with E-state index in [9.17, 15) is 4.39 Å². The van der Waals surface area contributed by atoms with Crippen LogP contribution >= 0.6 is 0 Å². The van der Waals surface area contributed by atoms with Gasteiger partial charge in [0.2, 0.25) is 5.79 Å². The Labute approximate surface area is 99.5 Å². The zero-order chi connectivity index (χ0) is 12.3. The fourth-order valence-electron chi connectivity index (χ4n) is 1.98. The number of ether oxygens (including phenoxy) is 3. The van der Waals surface area contributed by atoms with E-state index < -0.39 is 11.6 Å². The minimum atomic E-state index is -1.23. The van der Waals surface area contributed by atoms with Crippen molar-refractivity contribution in [3.05, 3.63) is 29.6 Å². The van der Waals surface area contributed by atoms with Gasteiger partial charge in [-0.05, 0) is 18.6 Å². The first kappa shape index (κ1) is 12.3. The van der Waals surface area contributed by atoms with Crippen LogP contribution in [0.2, 0.25) is 0 Å². The quantitative estimate of drug-likeness (QED) is 0.868. The van der Waals surface area contributed by atoms with Gasteiger partial charge < -0.3 is 19.9 Å². The average molecular weight is 241 g/mol. The second-order valence-electron chi connectivity index (χ2n) is 3.82. The second kappa shape index (κ2) is 5.00. The summed E-state index contributed by atoms with van der Waals surface area (Å²) in [5, 5.41) is 0. The van der Waals surface area contributed by atoms with Gasteiger partial charge in [-0.15, -0.1) is 0 Å². The summed E-state index contributed by atoms with van der Waals surface area (Å²) in [4.78, 5) is 0. The van der Waals surface area contributed by atoms with E-state index in [-0.39, 0.29) is 12.1 Å². The summed E-state index contributed by atoms with van der Waals surface area (Å²) in [7, 11) is 1.48. The van der Waals surface area contributed by atoms with Crippen molar-refractivity contribution >= 4 is 0 Å². The summed E-state index contributed by atoms with van der Waals surface area (Å²) in [6.07, 6.45) is 0.776. The van der Waals surface area contributed by atoms with Gasteiger partial charge in [-0.1, -0.05) is 6.07 Å². The molecule has 2 rings (SSSR count). The van der Waals surface area contributed by atoms with E-state index in [0.717, 1.165) is 6.42 Å². The Hall–Kier alpha value is -1.17. The van der Waals surface area contributed by atoms with Crippen LogP contribution in [0.4, 0.5) is 4.39 Å². The molecular weight excluding hydrogens is 225 g/mol. The molecule has 0 saturated carbocycles. The first-order valence-electron chi connectivity index (χ1n) is 5.54. The van der Waals surface area contributed by atoms with Gasteiger partial charge in [-0.2, -0.15) is 0 Å². The number of methoxy groups -OCH3 is 1. The van der Waals surface area contributed by atoms with Crippen molar-refractivity contribution in [1.29, 1.82) is 0 Å². The standard InChI is InChI=1S/C12H16FNO3/c1-15-10-5-2-4-9(13)11(10)12(8-14)16-6-3-7-17-12/h2,4-5H,3,6-8,14H2,1H3. The Morgan fingerprint density at radius 1 is 1.41 bits per heavy atom. The lowest BCUT2D eigenvalue weighted by Gasteiger charge is -2.37. The number of halogens is 1. The van der Waals surface area contributed by atoms with Crippen molar-refractivity contribution in [2.45, 2.75) is 12.2 Å². The molecule has 2 N–H and O–H groups in total. The molecule has 94 valence electrons. The molecule has 1 heterocycles. The van der Waals surface area contributed by atoms with Gasteiger partial charge in [-0.25, -0.2) is 4.39 Å². The fourth-order valence-corrected chi connectivity index (χ4v) is 1.98. The van der Waals surface area contributed by atoms with Crippen molar-refractivity contribution in [1.82, 2.24) is 0 Å². The Morgan fingerprint density at radius 3 is 2.71 bits per heavy atom. The molecule has 0 bridgehead atoms. The topological polar surface area (TPSA) is 53.7 Å². The van der Waals surface area contributed by atoms with Gasteiger partial charge in [0.1, 0.15) is 11.6 Å². The Morgan fingerprint density at radius 2 is 2.12 bits per heavy atom. The van der Waals surface area contributed by atoms with Crippen molar-refractivity contribution in [2.75, 3.05) is 26.9 Å². The molecule has 1 aromatic rings.